The van der Waals surface area contributed by atoms with Gasteiger partial charge in [-0.1, -0.05) is 18.2 Å². The topological polar surface area (TPSA) is 66.1 Å². The molecule has 1 fully saturated rings. The molecule has 0 bridgehead atoms. The zero-order chi connectivity index (χ0) is 19.6. The fourth-order valence-corrected chi connectivity index (χ4v) is 3.93. The number of rotatable bonds is 4. The van der Waals surface area contributed by atoms with Crippen molar-refractivity contribution in [3.05, 3.63) is 61.2 Å². The van der Waals surface area contributed by atoms with Crippen molar-refractivity contribution in [2.45, 2.75) is 0 Å². The Kier molecular flexibility index (Phi) is 4.62. The minimum absolute atomic E-state index is 0.848. The van der Waals surface area contributed by atoms with Crippen LogP contribution in [0.15, 0.2) is 61.2 Å². The Bertz CT molecular complexity index is 1150. The first-order chi connectivity index (χ1) is 14.3. The maximum Gasteiger partial charge on any atom is 0.137 e. The summed E-state index contributed by atoms with van der Waals surface area (Å²) in [6.45, 7) is 4.00. The minimum atomic E-state index is 0.848. The van der Waals surface area contributed by atoms with Crippen molar-refractivity contribution in [1.82, 2.24) is 20.3 Å². The highest BCUT2D eigenvalue weighted by Crippen LogP contribution is 2.36. The van der Waals surface area contributed by atoms with Gasteiger partial charge in [0.15, 0.2) is 0 Å². The van der Waals surface area contributed by atoms with Crippen molar-refractivity contribution in [1.29, 1.82) is 0 Å². The van der Waals surface area contributed by atoms with E-state index in [1.165, 1.54) is 0 Å². The molecule has 2 N–H and O–H groups in total. The summed E-state index contributed by atoms with van der Waals surface area (Å²) >= 11 is 0. The number of pyridine rings is 2. The van der Waals surface area contributed by atoms with E-state index in [0.29, 0.717) is 0 Å². The number of aromatic nitrogens is 3. The Morgan fingerprint density at radius 1 is 0.966 bits per heavy atom. The molecule has 0 spiro atoms. The lowest BCUT2D eigenvalue weighted by molar-refractivity contribution is 0.416. The van der Waals surface area contributed by atoms with Crippen molar-refractivity contribution in [3.63, 3.8) is 0 Å². The molecule has 146 valence electrons. The second-order valence-electron chi connectivity index (χ2n) is 7.19. The van der Waals surface area contributed by atoms with Crippen molar-refractivity contribution >= 4 is 16.7 Å². The Morgan fingerprint density at radius 2 is 1.79 bits per heavy atom. The first kappa shape index (κ1) is 17.7. The SMILES string of the molecule is COc1ccccc1-c1c[nH]c2ncc(-c3cncc(N4CCNCC4)c3)cc12. The van der Waals surface area contributed by atoms with E-state index in [9.17, 15) is 0 Å². The quantitative estimate of drug-likeness (QED) is 0.561. The molecule has 1 aliphatic rings. The molecule has 29 heavy (non-hydrogen) atoms. The van der Waals surface area contributed by atoms with Crippen LogP contribution in [0.3, 0.4) is 0 Å². The third-order valence-corrected chi connectivity index (χ3v) is 5.47. The van der Waals surface area contributed by atoms with E-state index in [0.717, 1.165) is 70.9 Å². The molecule has 0 unspecified atom stereocenters. The van der Waals surface area contributed by atoms with Gasteiger partial charge in [0.2, 0.25) is 0 Å². The van der Waals surface area contributed by atoms with E-state index in [4.69, 9.17) is 4.74 Å². The molecule has 0 radical (unpaired) electrons. The van der Waals surface area contributed by atoms with Crippen molar-refractivity contribution in [2.75, 3.05) is 38.2 Å². The smallest absolute Gasteiger partial charge is 0.137 e. The molecular weight excluding hydrogens is 362 g/mol. The molecule has 1 aromatic carbocycles. The molecule has 4 heterocycles. The van der Waals surface area contributed by atoms with Gasteiger partial charge >= 0.3 is 0 Å². The number of anilines is 1. The van der Waals surface area contributed by atoms with Crippen LogP contribution in [0.25, 0.3) is 33.3 Å². The number of fused-ring (bicyclic) bond motifs is 1. The Morgan fingerprint density at radius 3 is 2.66 bits per heavy atom. The second-order valence-corrected chi connectivity index (χ2v) is 7.19. The van der Waals surface area contributed by atoms with Crippen molar-refractivity contribution in [3.8, 4) is 28.0 Å². The summed E-state index contributed by atoms with van der Waals surface area (Å²) in [6, 6.07) is 12.4. The van der Waals surface area contributed by atoms with Crippen LogP contribution in [-0.4, -0.2) is 48.2 Å². The molecule has 0 aliphatic carbocycles. The first-order valence-corrected chi connectivity index (χ1v) is 9.85. The van der Waals surface area contributed by atoms with Gasteiger partial charge < -0.3 is 19.9 Å². The third-order valence-electron chi connectivity index (χ3n) is 5.47. The van der Waals surface area contributed by atoms with E-state index in [1.54, 1.807) is 7.11 Å². The number of hydrogen-bond donors (Lipinski definition) is 2. The lowest BCUT2D eigenvalue weighted by atomic mass is 10.0. The average molecular weight is 385 g/mol. The summed E-state index contributed by atoms with van der Waals surface area (Å²) in [7, 11) is 1.70. The highest BCUT2D eigenvalue weighted by atomic mass is 16.5. The summed E-state index contributed by atoms with van der Waals surface area (Å²) in [5, 5.41) is 4.46. The second kappa shape index (κ2) is 7.56. The molecule has 0 atom stereocenters. The van der Waals surface area contributed by atoms with E-state index >= 15 is 0 Å². The van der Waals surface area contributed by atoms with Gasteiger partial charge in [-0.05, 0) is 18.2 Å². The third kappa shape index (κ3) is 3.32. The lowest BCUT2D eigenvalue weighted by Crippen LogP contribution is -2.43. The highest BCUT2D eigenvalue weighted by Gasteiger charge is 2.14. The summed E-state index contributed by atoms with van der Waals surface area (Å²) in [6.07, 6.45) is 7.75. The largest absolute Gasteiger partial charge is 0.496 e. The summed E-state index contributed by atoms with van der Waals surface area (Å²) in [5.41, 5.74) is 6.27. The number of benzene rings is 1. The molecule has 3 aromatic heterocycles. The lowest BCUT2D eigenvalue weighted by Gasteiger charge is -2.29. The van der Waals surface area contributed by atoms with E-state index < -0.39 is 0 Å². The standard InChI is InChI=1S/C23H23N5O/c1-29-22-5-3-2-4-19(22)21-15-27-23-20(21)11-17(13-26-23)16-10-18(14-25-12-16)28-8-6-24-7-9-28/h2-5,10-15,24H,6-9H2,1H3,(H,26,27). The van der Waals surface area contributed by atoms with Gasteiger partial charge in [-0.15, -0.1) is 0 Å². The van der Waals surface area contributed by atoms with Crippen LogP contribution in [0.4, 0.5) is 5.69 Å². The van der Waals surface area contributed by atoms with E-state index in [2.05, 4.69) is 43.4 Å². The summed E-state index contributed by atoms with van der Waals surface area (Å²) in [4.78, 5) is 14.8. The predicted molar refractivity (Wildman–Crippen MR) is 116 cm³/mol. The van der Waals surface area contributed by atoms with Gasteiger partial charge in [-0.3, -0.25) is 4.98 Å². The molecule has 4 aromatic rings. The Labute approximate surface area is 169 Å². The Hall–Kier alpha value is -3.38. The predicted octanol–water partition coefficient (Wildman–Crippen LogP) is 3.71. The Balaban J connectivity index is 1.57. The first-order valence-electron chi connectivity index (χ1n) is 9.85. The van der Waals surface area contributed by atoms with E-state index in [1.807, 2.05) is 43.0 Å². The molecule has 6 nitrogen and oxygen atoms in total. The molecular formula is C23H23N5O. The molecule has 0 saturated carbocycles. The van der Waals surface area contributed by atoms with Crippen LogP contribution in [0.2, 0.25) is 0 Å². The number of methoxy groups -OCH3 is 1. The average Bonchev–Trinajstić information content (AvgIpc) is 3.23. The molecule has 1 aliphatic heterocycles. The van der Waals surface area contributed by atoms with Gasteiger partial charge in [-0.2, -0.15) is 0 Å². The van der Waals surface area contributed by atoms with Gasteiger partial charge in [0.1, 0.15) is 11.4 Å². The van der Waals surface area contributed by atoms with Crippen molar-refractivity contribution in [2.24, 2.45) is 0 Å². The number of piperazine rings is 1. The number of ether oxygens (including phenoxy) is 1. The molecule has 0 amide bonds. The van der Waals surface area contributed by atoms with Crippen LogP contribution in [0.5, 0.6) is 5.75 Å². The number of para-hydroxylation sites is 1. The molecule has 5 rings (SSSR count). The van der Waals surface area contributed by atoms with Crippen LogP contribution >= 0.6 is 0 Å². The van der Waals surface area contributed by atoms with Crippen LogP contribution in [0.1, 0.15) is 0 Å². The van der Waals surface area contributed by atoms with Crippen molar-refractivity contribution < 1.29 is 4.74 Å². The zero-order valence-corrected chi connectivity index (χ0v) is 16.4. The molecule has 1 saturated heterocycles. The van der Waals surface area contributed by atoms with Gasteiger partial charge in [-0.25, -0.2) is 4.98 Å². The van der Waals surface area contributed by atoms with Crippen LogP contribution in [0, 0.1) is 0 Å². The number of nitrogens with zero attached hydrogens (tertiary/aromatic N) is 3. The minimum Gasteiger partial charge on any atom is -0.496 e. The normalized spacial score (nSPS) is 14.3. The highest BCUT2D eigenvalue weighted by molar-refractivity contribution is 5.97. The fourth-order valence-electron chi connectivity index (χ4n) is 3.93. The summed E-state index contributed by atoms with van der Waals surface area (Å²) in [5.74, 6) is 0.848. The number of nitrogens with one attached hydrogen (secondary N) is 2. The fraction of sp³-hybridized carbons (Fsp3) is 0.217. The zero-order valence-electron chi connectivity index (χ0n) is 16.4. The van der Waals surface area contributed by atoms with Crippen LogP contribution < -0.4 is 15.0 Å². The maximum atomic E-state index is 5.56. The van der Waals surface area contributed by atoms with Gasteiger partial charge in [0.05, 0.1) is 19.0 Å². The number of hydrogen-bond acceptors (Lipinski definition) is 5. The van der Waals surface area contributed by atoms with Crippen LogP contribution in [-0.2, 0) is 0 Å². The number of aromatic amines is 1. The van der Waals surface area contributed by atoms with E-state index in [-0.39, 0.29) is 0 Å². The van der Waals surface area contributed by atoms with Gasteiger partial charge in [0.25, 0.3) is 0 Å². The molecule has 6 heteroatoms. The maximum absolute atomic E-state index is 5.56. The summed E-state index contributed by atoms with van der Waals surface area (Å²) < 4.78 is 5.56. The monoisotopic (exact) mass is 385 g/mol. The number of H-pyrrole nitrogens is 1. The van der Waals surface area contributed by atoms with Gasteiger partial charge in [0, 0.05) is 72.4 Å².